The minimum absolute atomic E-state index is 0.0257. The van der Waals surface area contributed by atoms with Gasteiger partial charge in [-0.15, -0.1) is 0 Å². The van der Waals surface area contributed by atoms with Crippen molar-refractivity contribution in [1.29, 1.82) is 0 Å². The molecular weight excluding hydrogens is 651 g/mol. The van der Waals surface area contributed by atoms with Gasteiger partial charge in [0.25, 0.3) is 5.91 Å². The summed E-state index contributed by atoms with van der Waals surface area (Å²) in [6, 6.07) is 32.9. The number of hydrogen-bond acceptors (Lipinski definition) is 8. The quantitative estimate of drug-likeness (QED) is 0.155. The monoisotopic (exact) mass is 697 g/mol. The predicted molar refractivity (Wildman–Crippen MR) is 201 cm³/mol. The van der Waals surface area contributed by atoms with Gasteiger partial charge in [-0.25, -0.2) is 4.98 Å². The van der Waals surface area contributed by atoms with Gasteiger partial charge in [0.15, 0.2) is 6.29 Å². The normalized spacial score (nSPS) is 22.6. The first-order valence-electron chi connectivity index (χ1n) is 18.7. The first-order valence-corrected chi connectivity index (χ1v) is 18.7. The molecule has 52 heavy (non-hydrogen) atoms. The molecule has 4 atom stereocenters. The van der Waals surface area contributed by atoms with Gasteiger partial charge in [-0.2, -0.15) is 0 Å². The number of aromatic nitrogens is 2. The number of nitrogens with one attached hydrogen (secondary N) is 1. The van der Waals surface area contributed by atoms with Crippen LogP contribution in [0.4, 0.5) is 0 Å². The Kier molecular flexibility index (Phi) is 10.7. The largest absolute Gasteiger partial charge is 0.392 e. The lowest BCUT2D eigenvalue weighted by molar-refractivity contribution is -0.253. The van der Waals surface area contributed by atoms with Crippen molar-refractivity contribution >= 4 is 16.9 Å². The molecule has 0 radical (unpaired) electrons. The molecule has 268 valence electrons. The van der Waals surface area contributed by atoms with E-state index in [0.29, 0.717) is 23.8 Å². The SMILES string of the molecule is O=C(NCc1cccc(-c2ccc([C@H]3O[C@@H](CN4CCC[C@H]4CN4CCCC4)C[C@@H](c4ccc(CO)cc4)O3)cc2)c1)c1cnc2ccccc2n1. The summed E-state index contributed by atoms with van der Waals surface area (Å²) in [5.74, 6) is -0.256. The molecule has 3 aliphatic rings. The molecule has 0 saturated carbocycles. The molecule has 8 rings (SSSR count). The van der Waals surface area contributed by atoms with Crippen molar-refractivity contribution in [1.82, 2.24) is 25.1 Å². The first kappa shape index (κ1) is 34.6. The van der Waals surface area contributed by atoms with Crippen molar-refractivity contribution < 1.29 is 19.4 Å². The molecule has 0 aliphatic carbocycles. The number of likely N-dealkylation sites (tertiary alicyclic amines) is 2. The fraction of sp³-hybridized carbons (Fsp3) is 0.372. The Balaban J connectivity index is 0.950. The van der Waals surface area contributed by atoms with Crippen molar-refractivity contribution in [3.8, 4) is 11.1 Å². The third kappa shape index (κ3) is 8.09. The van der Waals surface area contributed by atoms with E-state index in [2.05, 4.69) is 73.6 Å². The van der Waals surface area contributed by atoms with E-state index >= 15 is 0 Å². The second-order valence-corrected chi connectivity index (χ2v) is 14.4. The van der Waals surface area contributed by atoms with E-state index in [4.69, 9.17) is 9.47 Å². The van der Waals surface area contributed by atoms with Gasteiger partial charge < -0.3 is 24.8 Å². The average molecular weight is 698 g/mol. The summed E-state index contributed by atoms with van der Waals surface area (Å²) in [6.07, 6.45) is 6.88. The summed E-state index contributed by atoms with van der Waals surface area (Å²) in [5, 5.41) is 12.6. The smallest absolute Gasteiger partial charge is 0.271 e. The van der Waals surface area contributed by atoms with Crippen LogP contribution in [-0.2, 0) is 22.6 Å². The molecule has 1 amide bonds. The summed E-state index contributed by atoms with van der Waals surface area (Å²) in [7, 11) is 0. The van der Waals surface area contributed by atoms with Crippen LogP contribution in [0, 0.1) is 0 Å². The minimum atomic E-state index is -0.491. The Morgan fingerprint density at radius 2 is 1.58 bits per heavy atom. The van der Waals surface area contributed by atoms with E-state index in [9.17, 15) is 9.90 Å². The number of rotatable bonds is 11. The van der Waals surface area contributed by atoms with Crippen LogP contribution in [0.1, 0.15) is 77.2 Å². The van der Waals surface area contributed by atoms with Gasteiger partial charge in [0.05, 0.1) is 36.0 Å². The van der Waals surface area contributed by atoms with E-state index < -0.39 is 6.29 Å². The number of amides is 1. The number of benzene rings is 4. The zero-order valence-electron chi connectivity index (χ0n) is 29.6. The summed E-state index contributed by atoms with van der Waals surface area (Å²) >= 11 is 0. The van der Waals surface area contributed by atoms with Crippen molar-refractivity contribution in [2.45, 2.75) is 69.8 Å². The highest BCUT2D eigenvalue weighted by molar-refractivity contribution is 5.93. The maximum Gasteiger partial charge on any atom is 0.271 e. The lowest BCUT2D eigenvalue weighted by atomic mass is 9.98. The van der Waals surface area contributed by atoms with Crippen LogP contribution < -0.4 is 5.32 Å². The zero-order valence-corrected chi connectivity index (χ0v) is 29.6. The molecule has 1 aromatic heterocycles. The molecule has 4 heterocycles. The molecule has 0 unspecified atom stereocenters. The summed E-state index contributed by atoms with van der Waals surface area (Å²) < 4.78 is 13.4. The molecular formula is C43H47N5O4. The lowest BCUT2D eigenvalue weighted by Gasteiger charge is -2.39. The van der Waals surface area contributed by atoms with Crippen molar-refractivity contribution in [2.24, 2.45) is 0 Å². The zero-order chi connectivity index (χ0) is 35.3. The highest BCUT2D eigenvalue weighted by Gasteiger charge is 2.36. The van der Waals surface area contributed by atoms with Gasteiger partial charge in [0.2, 0.25) is 0 Å². The Bertz CT molecular complexity index is 1960. The molecule has 4 aromatic carbocycles. The molecule has 9 heteroatoms. The predicted octanol–water partition coefficient (Wildman–Crippen LogP) is 6.82. The average Bonchev–Trinajstić information content (AvgIpc) is 3.89. The minimum Gasteiger partial charge on any atom is -0.392 e. The van der Waals surface area contributed by atoms with Crippen LogP contribution >= 0.6 is 0 Å². The van der Waals surface area contributed by atoms with E-state index in [0.717, 1.165) is 65.0 Å². The van der Waals surface area contributed by atoms with Crippen LogP contribution in [0.15, 0.2) is 103 Å². The number of ether oxygens (including phenoxy) is 2. The number of para-hydroxylation sites is 2. The Hall–Kier alpha value is -4.51. The molecule has 0 spiro atoms. The molecule has 3 saturated heterocycles. The molecule has 9 nitrogen and oxygen atoms in total. The van der Waals surface area contributed by atoms with Crippen molar-refractivity contribution in [3.63, 3.8) is 0 Å². The maximum atomic E-state index is 12.9. The second kappa shape index (κ2) is 16.0. The Labute approximate surface area is 305 Å². The van der Waals surface area contributed by atoms with Gasteiger partial charge in [-0.1, -0.05) is 78.9 Å². The topological polar surface area (TPSA) is 100 Å². The summed E-state index contributed by atoms with van der Waals surface area (Å²) in [6.45, 7) is 6.04. The lowest BCUT2D eigenvalue weighted by Crippen LogP contribution is -2.45. The molecule has 3 fully saturated rings. The summed E-state index contributed by atoms with van der Waals surface area (Å²) in [5.41, 5.74) is 7.87. The number of fused-ring (bicyclic) bond motifs is 1. The van der Waals surface area contributed by atoms with Gasteiger partial charge in [0.1, 0.15) is 5.69 Å². The third-order valence-electron chi connectivity index (χ3n) is 10.8. The highest BCUT2D eigenvalue weighted by Crippen LogP contribution is 2.39. The van der Waals surface area contributed by atoms with Crippen LogP contribution in [0.25, 0.3) is 22.2 Å². The molecule has 2 N–H and O–H groups in total. The molecule has 0 bridgehead atoms. The first-order chi connectivity index (χ1) is 25.6. The van der Waals surface area contributed by atoms with Gasteiger partial charge in [-0.05, 0) is 91.3 Å². The van der Waals surface area contributed by atoms with E-state index in [1.165, 1.54) is 45.0 Å². The van der Waals surface area contributed by atoms with Crippen molar-refractivity contribution in [2.75, 3.05) is 32.7 Å². The van der Waals surface area contributed by atoms with Gasteiger partial charge in [0, 0.05) is 37.7 Å². The fourth-order valence-electron chi connectivity index (χ4n) is 7.93. The molecule has 5 aromatic rings. The van der Waals surface area contributed by atoms with E-state index in [1.54, 1.807) is 0 Å². The number of aliphatic hydroxyl groups excluding tert-OH is 1. The van der Waals surface area contributed by atoms with Crippen LogP contribution in [0.3, 0.4) is 0 Å². The second-order valence-electron chi connectivity index (χ2n) is 14.4. The number of hydrogen-bond donors (Lipinski definition) is 2. The van der Waals surface area contributed by atoms with E-state index in [-0.39, 0.29) is 24.7 Å². The standard InChI is InChI=1S/C43H47N5O4/c49-29-30-12-14-33(15-13-30)41-24-37(28-48-22-6-9-36(48)27-47-20-3-4-21-47)51-43(52-41)34-18-16-32(17-19-34)35-8-5-7-31(23-35)25-45-42(50)40-26-44-38-10-1-2-11-39(38)46-40/h1-2,5,7-8,10-19,23,26,36-37,41,43,49H,3-4,6,9,20-22,24-25,27-29H2,(H,45,50)/t36-,37+,41-,43-/m0/s1. The van der Waals surface area contributed by atoms with Crippen LogP contribution in [0.5, 0.6) is 0 Å². The number of nitrogens with zero attached hydrogens (tertiary/aromatic N) is 4. The Morgan fingerprint density at radius 1 is 0.788 bits per heavy atom. The maximum absolute atomic E-state index is 12.9. The summed E-state index contributed by atoms with van der Waals surface area (Å²) in [4.78, 5) is 27.0. The number of carbonyl (C=O) groups is 1. The van der Waals surface area contributed by atoms with Gasteiger partial charge >= 0.3 is 0 Å². The number of aliphatic hydroxyl groups is 1. The van der Waals surface area contributed by atoms with Crippen LogP contribution in [0.2, 0.25) is 0 Å². The third-order valence-corrected chi connectivity index (χ3v) is 10.8. The van der Waals surface area contributed by atoms with Crippen molar-refractivity contribution in [3.05, 3.63) is 131 Å². The number of carbonyl (C=O) groups excluding carboxylic acids is 1. The van der Waals surface area contributed by atoms with Crippen LogP contribution in [-0.4, -0.2) is 75.7 Å². The Morgan fingerprint density at radius 3 is 2.38 bits per heavy atom. The van der Waals surface area contributed by atoms with Gasteiger partial charge in [-0.3, -0.25) is 14.7 Å². The molecule has 3 aliphatic heterocycles. The fourth-order valence-corrected chi connectivity index (χ4v) is 7.93. The highest BCUT2D eigenvalue weighted by atomic mass is 16.7. The van der Waals surface area contributed by atoms with E-state index in [1.807, 2.05) is 48.5 Å².